The van der Waals surface area contributed by atoms with Gasteiger partial charge in [0.25, 0.3) is 0 Å². The minimum absolute atomic E-state index is 0.236. The molecule has 3 heteroatoms. The molecule has 3 nitrogen and oxygen atoms in total. The van der Waals surface area contributed by atoms with Crippen molar-refractivity contribution in [3.8, 4) is 11.5 Å². The van der Waals surface area contributed by atoms with Crippen LogP contribution in [0.3, 0.4) is 0 Å². The molecule has 0 spiro atoms. The number of aromatic hydroxyl groups is 1. The maximum Gasteiger partial charge on any atom is 0.145 e. The molecule has 0 aliphatic heterocycles. The van der Waals surface area contributed by atoms with Crippen LogP contribution in [0.25, 0.3) is 0 Å². The summed E-state index contributed by atoms with van der Waals surface area (Å²) in [5.74, 6) is 1.62. The van der Waals surface area contributed by atoms with Gasteiger partial charge >= 0.3 is 0 Å². The maximum absolute atomic E-state index is 9.15. The number of hydrogen-bond acceptors (Lipinski definition) is 3. The molecule has 0 aromatic heterocycles. The van der Waals surface area contributed by atoms with E-state index in [1.165, 1.54) is 19.3 Å². The smallest absolute Gasteiger partial charge is 0.145 e. The topological polar surface area (TPSA) is 38.7 Å². The van der Waals surface area contributed by atoms with Gasteiger partial charge in [0.15, 0.2) is 0 Å². The van der Waals surface area contributed by atoms with E-state index in [1.54, 1.807) is 24.3 Å². The Morgan fingerprint density at radius 1 is 1.17 bits per heavy atom. The van der Waals surface area contributed by atoms with Crippen molar-refractivity contribution in [3.05, 3.63) is 36.6 Å². The molecule has 0 atom stereocenters. The molecule has 0 unspecified atom stereocenters. The number of rotatable bonds is 5. The highest BCUT2D eigenvalue weighted by atomic mass is 16.5. The Kier molecular flexibility index (Phi) is 4.51. The minimum atomic E-state index is 0.236. The number of benzene rings is 1. The summed E-state index contributed by atoms with van der Waals surface area (Å²) in [6, 6.07) is 6.65. The van der Waals surface area contributed by atoms with Crippen molar-refractivity contribution in [1.29, 1.82) is 0 Å². The normalized spacial score (nSPS) is 16.2. The van der Waals surface area contributed by atoms with E-state index in [1.807, 2.05) is 0 Å². The second kappa shape index (κ2) is 6.34. The van der Waals surface area contributed by atoms with Crippen LogP contribution in [0.5, 0.6) is 11.5 Å². The van der Waals surface area contributed by atoms with Gasteiger partial charge in [0, 0.05) is 0 Å². The largest absolute Gasteiger partial charge is 0.508 e. The molecular weight excluding hydrogens is 228 g/mol. The van der Waals surface area contributed by atoms with Gasteiger partial charge in [0.2, 0.25) is 0 Å². The lowest BCUT2D eigenvalue weighted by Gasteiger charge is -2.24. The second-order valence-electron chi connectivity index (χ2n) is 4.70. The van der Waals surface area contributed by atoms with Crippen molar-refractivity contribution in [1.82, 2.24) is 0 Å². The van der Waals surface area contributed by atoms with Gasteiger partial charge in [-0.05, 0) is 49.9 Å². The van der Waals surface area contributed by atoms with Gasteiger partial charge in [-0.2, -0.15) is 0 Å². The Morgan fingerprint density at radius 3 is 2.50 bits per heavy atom. The van der Waals surface area contributed by atoms with Crippen molar-refractivity contribution in [3.63, 3.8) is 0 Å². The summed E-state index contributed by atoms with van der Waals surface area (Å²) < 4.78 is 11.3. The van der Waals surface area contributed by atoms with Crippen LogP contribution in [0.2, 0.25) is 0 Å². The van der Waals surface area contributed by atoms with Crippen molar-refractivity contribution in [2.75, 3.05) is 6.61 Å². The lowest BCUT2D eigenvalue weighted by atomic mass is 9.98. The SMILES string of the molecule is C=C(COc1ccc(O)cc1)OC1CCCCC1. The number of hydrogen-bond donors (Lipinski definition) is 1. The first kappa shape index (κ1) is 12.8. The summed E-state index contributed by atoms with van der Waals surface area (Å²) in [4.78, 5) is 0. The molecule has 18 heavy (non-hydrogen) atoms. The van der Waals surface area contributed by atoms with E-state index in [0.717, 1.165) is 12.8 Å². The zero-order valence-corrected chi connectivity index (χ0v) is 10.6. The van der Waals surface area contributed by atoms with Crippen molar-refractivity contribution in [2.24, 2.45) is 0 Å². The third-order valence-corrected chi connectivity index (χ3v) is 3.12. The molecule has 2 rings (SSSR count). The third-order valence-electron chi connectivity index (χ3n) is 3.12. The molecule has 1 aromatic rings. The predicted molar refractivity (Wildman–Crippen MR) is 70.7 cm³/mol. The molecule has 1 saturated carbocycles. The monoisotopic (exact) mass is 248 g/mol. The average molecular weight is 248 g/mol. The van der Waals surface area contributed by atoms with Crippen LogP contribution in [-0.4, -0.2) is 17.8 Å². The first-order valence-corrected chi connectivity index (χ1v) is 6.50. The van der Waals surface area contributed by atoms with Crippen LogP contribution < -0.4 is 4.74 Å². The summed E-state index contributed by atoms with van der Waals surface area (Å²) in [5, 5.41) is 9.15. The van der Waals surface area contributed by atoms with Crippen LogP contribution in [-0.2, 0) is 4.74 Å². The van der Waals surface area contributed by atoms with Crippen LogP contribution in [0, 0.1) is 0 Å². The Balaban J connectivity index is 1.72. The molecule has 1 N–H and O–H groups in total. The summed E-state index contributed by atoms with van der Waals surface area (Å²) in [7, 11) is 0. The standard InChI is InChI=1S/C15H20O3/c1-12(18-15-5-3-2-4-6-15)11-17-14-9-7-13(16)8-10-14/h7-10,15-16H,1-6,11H2. The Labute approximate surface area is 108 Å². The third kappa shape index (κ3) is 3.99. The summed E-state index contributed by atoms with van der Waals surface area (Å²) >= 11 is 0. The van der Waals surface area contributed by atoms with Crippen LogP contribution in [0.1, 0.15) is 32.1 Å². The van der Waals surface area contributed by atoms with Gasteiger partial charge in [-0.15, -0.1) is 0 Å². The lowest BCUT2D eigenvalue weighted by Crippen LogP contribution is -2.18. The van der Waals surface area contributed by atoms with Gasteiger partial charge in [0.05, 0.1) is 6.10 Å². The van der Waals surface area contributed by atoms with Crippen LogP contribution >= 0.6 is 0 Å². The molecule has 1 aliphatic carbocycles. The molecular formula is C15H20O3. The number of ether oxygens (including phenoxy) is 2. The summed E-state index contributed by atoms with van der Waals surface area (Å²) in [6.07, 6.45) is 6.37. The molecule has 0 heterocycles. The molecule has 0 bridgehead atoms. The van der Waals surface area contributed by atoms with Crippen molar-refractivity contribution < 1.29 is 14.6 Å². The molecule has 0 amide bonds. The van der Waals surface area contributed by atoms with E-state index in [9.17, 15) is 0 Å². The predicted octanol–water partition coefficient (Wildman–Crippen LogP) is 3.63. The number of phenolic OH excluding ortho intramolecular Hbond substituents is 1. The fourth-order valence-electron chi connectivity index (χ4n) is 2.16. The van der Waals surface area contributed by atoms with Gasteiger partial charge in [-0.1, -0.05) is 13.0 Å². The minimum Gasteiger partial charge on any atom is -0.508 e. The van der Waals surface area contributed by atoms with Crippen LogP contribution in [0.4, 0.5) is 0 Å². The molecule has 1 aliphatic rings. The van der Waals surface area contributed by atoms with Gasteiger partial charge in [-0.25, -0.2) is 0 Å². The zero-order chi connectivity index (χ0) is 12.8. The van der Waals surface area contributed by atoms with Crippen LogP contribution in [0.15, 0.2) is 36.6 Å². The quantitative estimate of drug-likeness (QED) is 0.809. The molecule has 0 saturated heterocycles. The summed E-state index contributed by atoms with van der Waals surface area (Å²) in [5.41, 5.74) is 0. The highest BCUT2D eigenvalue weighted by Crippen LogP contribution is 2.22. The summed E-state index contributed by atoms with van der Waals surface area (Å²) in [6.45, 7) is 4.25. The second-order valence-corrected chi connectivity index (χ2v) is 4.70. The highest BCUT2D eigenvalue weighted by Gasteiger charge is 2.15. The van der Waals surface area contributed by atoms with Crippen molar-refractivity contribution in [2.45, 2.75) is 38.2 Å². The molecule has 0 radical (unpaired) electrons. The van der Waals surface area contributed by atoms with Gasteiger partial charge in [0.1, 0.15) is 23.9 Å². The Hall–Kier alpha value is -1.64. The van der Waals surface area contributed by atoms with E-state index >= 15 is 0 Å². The number of phenols is 1. The van der Waals surface area contributed by atoms with Gasteiger partial charge < -0.3 is 14.6 Å². The molecule has 98 valence electrons. The zero-order valence-electron chi connectivity index (χ0n) is 10.6. The Bertz CT molecular complexity index is 377. The van der Waals surface area contributed by atoms with Gasteiger partial charge in [-0.3, -0.25) is 0 Å². The average Bonchev–Trinajstić information content (AvgIpc) is 2.39. The lowest BCUT2D eigenvalue weighted by molar-refractivity contribution is 0.0661. The first-order valence-electron chi connectivity index (χ1n) is 6.50. The maximum atomic E-state index is 9.15. The van der Waals surface area contributed by atoms with E-state index < -0.39 is 0 Å². The van der Waals surface area contributed by atoms with E-state index in [-0.39, 0.29) is 5.75 Å². The first-order chi connectivity index (χ1) is 8.74. The highest BCUT2D eigenvalue weighted by molar-refractivity contribution is 5.30. The van der Waals surface area contributed by atoms with E-state index in [2.05, 4.69) is 6.58 Å². The fraction of sp³-hybridized carbons (Fsp3) is 0.467. The van der Waals surface area contributed by atoms with Crippen molar-refractivity contribution >= 4 is 0 Å². The van der Waals surface area contributed by atoms with E-state index in [4.69, 9.17) is 14.6 Å². The Morgan fingerprint density at radius 2 is 1.83 bits per heavy atom. The molecule has 1 aromatic carbocycles. The fourth-order valence-corrected chi connectivity index (χ4v) is 2.16. The molecule has 1 fully saturated rings. The van der Waals surface area contributed by atoms with E-state index in [0.29, 0.717) is 24.2 Å².